The predicted molar refractivity (Wildman–Crippen MR) is 128 cm³/mol. The van der Waals surface area contributed by atoms with Crippen molar-refractivity contribution in [1.82, 2.24) is 20.2 Å². The van der Waals surface area contributed by atoms with Crippen molar-refractivity contribution in [2.45, 2.75) is 61.4 Å². The highest BCUT2D eigenvalue weighted by atomic mass is 35.5. The summed E-state index contributed by atoms with van der Waals surface area (Å²) < 4.78 is 71.3. The molecule has 202 valence electrons. The zero-order valence-corrected chi connectivity index (χ0v) is 21.0. The first-order chi connectivity index (χ1) is 17.4. The molecular formula is C22H25ClF3N5O5S. The molecule has 37 heavy (non-hydrogen) atoms. The van der Waals surface area contributed by atoms with Crippen molar-refractivity contribution in [3.63, 3.8) is 0 Å². The number of alkyl carbamates (subject to hydrolysis) is 1. The fourth-order valence-electron chi connectivity index (χ4n) is 4.46. The maximum atomic E-state index is 12.7. The molecule has 0 radical (unpaired) electrons. The second-order valence-corrected chi connectivity index (χ2v) is 11.1. The fraction of sp³-hybridized carbons (Fsp3) is 0.500. The highest BCUT2D eigenvalue weighted by Gasteiger charge is 2.32. The molecule has 2 aliphatic rings. The second kappa shape index (κ2) is 10.9. The Labute approximate surface area is 215 Å². The molecule has 1 amide bonds. The number of hydrogen-bond donors (Lipinski definition) is 3. The summed E-state index contributed by atoms with van der Waals surface area (Å²) in [6.07, 6.45) is -1.66. The van der Waals surface area contributed by atoms with Crippen molar-refractivity contribution in [2.24, 2.45) is 0 Å². The van der Waals surface area contributed by atoms with Crippen molar-refractivity contribution in [1.29, 1.82) is 0 Å². The molecule has 1 aliphatic heterocycles. The Morgan fingerprint density at radius 3 is 2.41 bits per heavy atom. The minimum atomic E-state index is -4.55. The van der Waals surface area contributed by atoms with Gasteiger partial charge in [0.15, 0.2) is 0 Å². The molecule has 1 atom stereocenters. The van der Waals surface area contributed by atoms with Crippen LogP contribution in [0.4, 0.5) is 23.7 Å². The van der Waals surface area contributed by atoms with Crippen LogP contribution in [0.1, 0.15) is 37.7 Å². The van der Waals surface area contributed by atoms with Crippen molar-refractivity contribution in [2.75, 3.05) is 18.0 Å². The molecule has 0 bridgehead atoms. The highest BCUT2D eigenvalue weighted by Crippen LogP contribution is 2.30. The molecule has 2 aromatic rings. The van der Waals surface area contributed by atoms with Gasteiger partial charge in [-0.3, -0.25) is 4.79 Å². The van der Waals surface area contributed by atoms with Crippen LogP contribution in [0.2, 0.25) is 5.02 Å². The van der Waals surface area contributed by atoms with E-state index < -0.39 is 45.6 Å². The SMILES string of the molecule is O=C(NC1CCC(NS(=O)(=O)c2ccc(C(F)(F)F)cc2)CC1)O[C@@H]1CCN(c2cn[nH]c(=O)c2Cl)C1. The zero-order valence-electron chi connectivity index (χ0n) is 19.4. The molecule has 1 saturated heterocycles. The van der Waals surface area contributed by atoms with Crippen molar-refractivity contribution < 1.29 is 31.1 Å². The summed E-state index contributed by atoms with van der Waals surface area (Å²) in [4.78, 5) is 25.6. The number of ether oxygens (including phenoxy) is 1. The van der Waals surface area contributed by atoms with E-state index in [1.54, 1.807) is 0 Å². The third-order valence-corrected chi connectivity index (χ3v) is 8.30. The molecule has 0 unspecified atom stereocenters. The number of halogens is 4. The van der Waals surface area contributed by atoms with Crippen LogP contribution in [-0.2, 0) is 20.9 Å². The van der Waals surface area contributed by atoms with Crippen molar-refractivity contribution >= 4 is 33.4 Å². The van der Waals surface area contributed by atoms with Gasteiger partial charge in [-0.2, -0.15) is 18.3 Å². The van der Waals surface area contributed by atoms with E-state index in [1.165, 1.54) is 6.20 Å². The van der Waals surface area contributed by atoms with Gasteiger partial charge in [0.1, 0.15) is 11.1 Å². The zero-order chi connectivity index (χ0) is 26.8. The maximum Gasteiger partial charge on any atom is 0.416 e. The molecule has 0 spiro atoms. The predicted octanol–water partition coefficient (Wildman–Crippen LogP) is 3.04. The average molecular weight is 564 g/mol. The number of anilines is 1. The summed E-state index contributed by atoms with van der Waals surface area (Å²) in [6.45, 7) is 0.893. The van der Waals surface area contributed by atoms with Crippen LogP contribution < -0.4 is 20.5 Å². The number of amides is 1. The molecular weight excluding hydrogens is 539 g/mol. The molecule has 1 aromatic heterocycles. The van der Waals surface area contributed by atoms with Gasteiger partial charge in [0.2, 0.25) is 10.0 Å². The van der Waals surface area contributed by atoms with Gasteiger partial charge in [-0.1, -0.05) is 11.6 Å². The Hall–Kier alpha value is -2.84. The first kappa shape index (κ1) is 27.2. The monoisotopic (exact) mass is 563 g/mol. The molecule has 3 N–H and O–H groups in total. The summed E-state index contributed by atoms with van der Waals surface area (Å²) in [5.41, 5.74) is -0.959. The summed E-state index contributed by atoms with van der Waals surface area (Å²) in [7, 11) is -3.98. The van der Waals surface area contributed by atoms with Crippen LogP contribution in [-0.4, -0.2) is 56.0 Å². The largest absolute Gasteiger partial charge is 0.444 e. The smallest absolute Gasteiger partial charge is 0.416 e. The van der Waals surface area contributed by atoms with Gasteiger partial charge in [0.05, 0.1) is 28.9 Å². The Morgan fingerprint density at radius 1 is 1.11 bits per heavy atom. The number of sulfonamides is 1. The van der Waals surface area contributed by atoms with Crippen molar-refractivity contribution in [3.05, 3.63) is 51.4 Å². The number of nitrogens with one attached hydrogen (secondary N) is 3. The number of benzene rings is 1. The number of aromatic nitrogens is 2. The van der Waals surface area contributed by atoms with Gasteiger partial charge in [0, 0.05) is 25.0 Å². The fourth-order valence-corrected chi connectivity index (χ4v) is 5.97. The molecule has 2 heterocycles. The molecule has 10 nitrogen and oxygen atoms in total. The first-order valence-corrected chi connectivity index (χ1v) is 13.4. The molecule has 1 saturated carbocycles. The van der Waals surface area contributed by atoms with Gasteiger partial charge in [-0.25, -0.2) is 23.0 Å². The number of carbonyl (C=O) groups excluding carboxylic acids is 1. The van der Waals surface area contributed by atoms with E-state index in [4.69, 9.17) is 16.3 Å². The van der Waals surface area contributed by atoms with Gasteiger partial charge in [-0.05, 0) is 49.9 Å². The normalized spacial score (nSPS) is 22.6. The summed E-state index contributed by atoms with van der Waals surface area (Å²) in [5.74, 6) is 0. The highest BCUT2D eigenvalue weighted by molar-refractivity contribution is 7.89. The average Bonchev–Trinajstić information content (AvgIpc) is 3.29. The van der Waals surface area contributed by atoms with Crippen LogP contribution in [0.3, 0.4) is 0 Å². The minimum absolute atomic E-state index is 0.0193. The number of alkyl halides is 3. The van der Waals surface area contributed by atoms with Crippen LogP contribution in [0.25, 0.3) is 0 Å². The topological polar surface area (TPSA) is 133 Å². The molecule has 4 rings (SSSR count). The van der Waals surface area contributed by atoms with Crippen molar-refractivity contribution in [3.8, 4) is 0 Å². The Kier molecular flexibility index (Phi) is 7.99. The Bertz CT molecular complexity index is 1280. The molecule has 15 heteroatoms. The van der Waals surface area contributed by atoms with E-state index in [1.807, 2.05) is 4.90 Å². The molecule has 1 aromatic carbocycles. The Morgan fingerprint density at radius 2 is 1.76 bits per heavy atom. The maximum absolute atomic E-state index is 12.7. The van der Waals surface area contributed by atoms with E-state index in [0.717, 1.165) is 24.3 Å². The lowest BCUT2D eigenvalue weighted by molar-refractivity contribution is -0.137. The summed E-state index contributed by atoms with van der Waals surface area (Å²) in [6, 6.07) is 2.71. The number of carbonyl (C=O) groups is 1. The minimum Gasteiger partial charge on any atom is -0.444 e. The second-order valence-electron chi connectivity index (χ2n) is 9.00. The summed E-state index contributed by atoms with van der Waals surface area (Å²) in [5, 5.41) is 8.81. The van der Waals surface area contributed by atoms with Crippen LogP contribution in [0.15, 0.2) is 40.2 Å². The van der Waals surface area contributed by atoms with E-state index in [0.29, 0.717) is 50.9 Å². The lowest BCUT2D eigenvalue weighted by Crippen LogP contribution is -2.44. The van der Waals surface area contributed by atoms with Gasteiger partial charge >= 0.3 is 12.3 Å². The standard InChI is InChI=1S/C22H25ClF3N5O5S/c23-19-18(11-27-29-20(19)32)31-10-9-16(12-31)36-21(33)28-14-3-5-15(6-4-14)30-37(34,35)17-7-1-13(2-8-17)22(24,25)26/h1-2,7-8,11,14-16,30H,3-6,9-10,12H2,(H,28,33)(H,29,32)/t14?,15?,16-/m1/s1. The van der Waals surface area contributed by atoms with Crippen LogP contribution in [0, 0.1) is 0 Å². The number of nitrogens with zero attached hydrogens (tertiary/aromatic N) is 2. The van der Waals surface area contributed by atoms with Gasteiger partial charge < -0.3 is 15.0 Å². The third-order valence-electron chi connectivity index (χ3n) is 6.40. The summed E-state index contributed by atoms with van der Waals surface area (Å²) >= 11 is 6.04. The molecule has 1 aliphatic carbocycles. The lowest BCUT2D eigenvalue weighted by Gasteiger charge is -2.29. The molecule has 2 fully saturated rings. The number of hydrogen-bond acceptors (Lipinski definition) is 7. The first-order valence-electron chi connectivity index (χ1n) is 11.6. The van der Waals surface area contributed by atoms with Gasteiger partial charge in [-0.15, -0.1) is 0 Å². The Balaban J connectivity index is 1.22. The lowest BCUT2D eigenvalue weighted by atomic mass is 9.92. The van der Waals surface area contributed by atoms with Crippen LogP contribution in [0.5, 0.6) is 0 Å². The van der Waals surface area contributed by atoms with E-state index in [2.05, 4.69) is 20.2 Å². The number of rotatable bonds is 6. The van der Waals surface area contributed by atoms with E-state index in [-0.39, 0.29) is 16.0 Å². The van der Waals surface area contributed by atoms with Crippen LogP contribution >= 0.6 is 11.6 Å². The number of H-pyrrole nitrogens is 1. The van der Waals surface area contributed by atoms with E-state index in [9.17, 15) is 31.2 Å². The van der Waals surface area contributed by atoms with Gasteiger partial charge in [0.25, 0.3) is 5.56 Å². The quantitative estimate of drug-likeness (QED) is 0.492. The third kappa shape index (κ3) is 6.73. The van der Waals surface area contributed by atoms with E-state index >= 15 is 0 Å². The number of aromatic amines is 1.